The van der Waals surface area contributed by atoms with Crippen molar-refractivity contribution in [2.24, 2.45) is 5.73 Å². The van der Waals surface area contributed by atoms with Gasteiger partial charge in [0, 0.05) is 31.3 Å². The van der Waals surface area contributed by atoms with Gasteiger partial charge in [-0.25, -0.2) is 0 Å². The summed E-state index contributed by atoms with van der Waals surface area (Å²) in [6.45, 7) is 3.36. The van der Waals surface area contributed by atoms with Crippen LogP contribution in [0, 0.1) is 0 Å². The second-order valence-corrected chi connectivity index (χ2v) is 8.94. The Morgan fingerprint density at radius 3 is 2.03 bits per heavy atom. The summed E-state index contributed by atoms with van der Waals surface area (Å²) in [4.78, 5) is 21.9. The Hall–Kier alpha value is -0.600. The molecule has 0 aliphatic rings. The lowest BCUT2D eigenvalue weighted by Crippen LogP contribution is -2.43. The van der Waals surface area contributed by atoms with Crippen molar-refractivity contribution in [2.75, 3.05) is 44.5 Å². The van der Waals surface area contributed by atoms with E-state index in [0.717, 1.165) is 12.8 Å². The second-order valence-electron chi connectivity index (χ2n) is 6.39. The number of unbranched alkanes of at least 4 members (excludes halogenated alkanes) is 1. The molecule has 10 nitrogen and oxygen atoms in total. The van der Waals surface area contributed by atoms with E-state index in [-0.39, 0.29) is 24.7 Å². The van der Waals surface area contributed by atoms with Crippen LogP contribution in [-0.2, 0) is 19.1 Å². The van der Waals surface area contributed by atoms with Crippen LogP contribution in [0.25, 0.3) is 0 Å². The van der Waals surface area contributed by atoms with E-state index in [1.807, 2.05) is 6.92 Å². The van der Waals surface area contributed by atoms with Crippen molar-refractivity contribution in [1.82, 2.24) is 5.32 Å². The molecule has 0 heterocycles. The summed E-state index contributed by atoms with van der Waals surface area (Å²) in [5.41, 5.74) is 5.37. The molecule has 0 aromatic carbocycles. The highest BCUT2D eigenvalue weighted by atomic mass is 33.1. The van der Waals surface area contributed by atoms with Crippen molar-refractivity contribution in [3.8, 4) is 0 Å². The average molecular weight is 459 g/mol. The summed E-state index contributed by atoms with van der Waals surface area (Å²) in [6.07, 6.45) is 0.932. The topological polar surface area (TPSA) is 172 Å². The van der Waals surface area contributed by atoms with E-state index in [1.165, 1.54) is 21.6 Å². The Morgan fingerprint density at radius 2 is 1.52 bits per heavy atom. The zero-order valence-corrected chi connectivity index (χ0v) is 18.3. The van der Waals surface area contributed by atoms with Crippen LogP contribution in [0.15, 0.2) is 0 Å². The third-order valence-electron chi connectivity index (χ3n) is 3.70. The van der Waals surface area contributed by atoms with Crippen LogP contribution in [0.3, 0.4) is 0 Å². The second kappa shape index (κ2) is 18.2. The summed E-state index contributed by atoms with van der Waals surface area (Å²) in [5, 5.41) is 39.9. The Morgan fingerprint density at radius 1 is 0.966 bits per heavy atom. The predicted molar refractivity (Wildman–Crippen MR) is 113 cm³/mol. The maximum atomic E-state index is 11.3. The Balaban J connectivity index is 3.75. The largest absolute Gasteiger partial charge is 0.480 e. The van der Waals surface area contributed by atoms with Crippen molar-refractivity contribution in [2.45, 2.75) is 50.5 Å². The van der Waals surface area contributed by atoms with E-state index >= 15 is 0 Å². The SMILES string of the molecule is CCC(O)COCCCCOCC(O)CNC(CSSCC(N)C(=O)O)C(=O)O. The normalized spacial score (nSPS) is 15.6. The minimum atomic E-state index is -1.10. The summed E-state index contributed by atoms with van der Waals surface area (Å²) >= 11 is 0. The molecule has 0 rings (SSSR count). The molecule has 0 aromatic rings. The number of carboxylic acid groups (broad SMARTS) is 2. The number of hydrogen-bond acceptors (Lipinski definition) is 10. The molecule has 0 fully saturated rings. The van der Waals surface area contributed by atoms with E-state index in [9.17, 15) is 24.9 Å². The molecule has 0 spiro atoms. The van der Waals surface area contributed by atoms with Gasteiger partial charge in [0.1, 0.15) is 12.1 Å². The fourth-order valence-corrected chi connectivity index (χ4v) is 4.13. The number of aliphatic hydroxyl groups excluding tert-OH is 2. The maximum absolute atomic E-state index is 11.3. The first-order valence-electron chi connectivity index (χ1n) is 9.48. The van der Waals surface area contributed by atoms with Crippen molar-refractivity contribution in [1.29, 1.82) is 0 Å². The van der Waals surface area contributed by atoms with Gasteiger partial charge in [0.05, 0.1) is 25.4 Å². The van der Waals surface area contributed by atoms with Gasteiger partial charge in [-0.15, -0.1) is 0 Å². The number of carboxylic acids is 2. The van der Waals surface area contributed by atoms with Gasteiger partial charge in [-0.3, -0.25) is 9.59 Å². The Kier molecular flexibility index (Phi) is 17.8. The van der Waals surface area contributed by atoms with E-state index in [0.29, 0.717) is 26.2 Å². The van der Waals surface area contributed by atoms with Gasteiger partial charge in [0.15, 0.2) is 0 Å². The molecule has 0 saturated carbocycles. The number of nitrogens with one attached hydrogen (secondary N) is 1. The van der Waals surface area contributed by atoms with E-state index in [4.69, 9.17) is 20.3 Å². The van der Waals surface area contributed by atoms with Crippen LogP contribution < -0.4 is 11.1 Å². The van der Waals surface area contributed by atoms with Crippen molar-refractivity contribution in [3.63, 3.8) is 0 Å². The lowest BCUT2D eigenvalue weighted by molar-refractivity contribution is -0.139. The van der Waals surface area contributed by atoms with Crippen LogP contribution >= 0.6 is 21.6 Å². The first kappa shape index (κ1) is 28.4. The number of hydrogen-bond donors (Lipinski definition) is 6. The molecule has 4 unspecified atom stereocenters. The minimum Gasteiger partial charge on any atom is -0.480 e. The van der Waals surface area contributed by atoms with Gasteiger partial charge in [-0.05, 0) is 19.3 Å². The zero-order chi connectivity index (χ0) is 22.1. The van der Waals surface area contributed by atoms with Gasteiger partial charge >= 0.3 is 11.9 Å². The number of aliphatic hydroxyl groups is 2. The molecule has 0 bridgehead atoms. The highest BCUT2D eigenvalue weighted by molar-refractivity contribution is 8.76. The van der Waals surface area contributed by atoms with Crippen LogP contribution in [-0.4, -0.2) is 101 Å². The van der Waals surface area contributed by atoms with Crippen LogP contribution in [0.4, 0.5) is 0 Å². The monoisotopic (exact) mass is 458 g/mol. The third kappa shape index (κ3) is 16.8. The molecule has 0 aromatic heterocycles. The molecule has 0 aliphatic carbocycles. The molecular formula is C17H34N2O8S2. The molecule has 7 N–H and O–H groups in total. The molecule has 12 heteroatoms. The zero-order valence-electron chi connectivity index (χ0n) is 16.7. The van der Waals surface area contributed by atoms with Crippen LogP contribution in [0.1, 0.15) is 26.2 Å². The smallest absolute Gasteiger partial charge is 0.321 e. The summed E-state index contributed by atoms with van der Waals surface area (Å²) in [7, 11) is 2.40. The summed E-state index contributed by atoms with van der Waals surface area (Å²) in [5.74, 6) is -1.78. The molecule has 4 atom stereocenters. The molecule has 0 aliphatic heterocycles. The van der Waals surface area contributed by atoms with Gasteiger partial charge in [-0.2, -0.15) is 0 Å². The Labute approximate surface area is 179 Å². The fourth-order valence-electron chi connectivity index (χ4n) is 1.83. The molecular weight excluding hydrogens is 424 g/mol. The Bertz CT molecular complexity index is 448. The molecule has 29 heavy (non-hydrogen) atoms. The molecule has 0 saturated heterocycles. The van der Waals surface area contributed by atoms with E-state index < -0.39 is 36.2 Å². The maximum Gasteiger partial charge on any atom is 0.321 e. The predicted octanol–water partition coefficient (Wildman–Crippen LogP) is -0.232. The van der Waals surface area contributed by atoms with Crippen molar-refractivity contribution < 1.29 is 39.5 Å². The molecule has 0 radical (unpaired) electrons. The van der Waals surface area contributed by atoms with E-state index in [1.54, 1.807) is 0 Å². The third-order valence-corrected chi connectivity index (χ3v) is 6.15. The first-order valence-corrected chi connectivity index (χ1v) is 12.0. The van der Waals surface area contributed by atoms with Gasteiger partial charge < -0.3 is 41.0 Å². The lowest BCUT2D eigenvalue weighted by atomic mass is 10.3. The number of rotatable bonds is 20. The first-order chi connectivity index (χ1) is 13.8. The number of aliphatic carboxylic acids is 2. The minimum absolute atomic E-state index is 0.0643. The highest BCUT2D eigenvalue weighted by Gasteiger charge is 2.19. The van der Waals surface area contributed by atoms with Crippen molar-refractivity contribution >= 4 is 33.5 Å². The van der Waals surface area contributed by atoms with Crippen LogP contribution in [0.5, 0.6) is 0 Å². The van der Waals surface area contributed by atoms with Gasteiger partial charge in [-0.1, -0.05) is 28.5 Å². The summed E-state index contributed by atoms with van der Waals surface area (Å²) in [6, 6.07) is -1.86. The lowest BCUT2D eigenvalue weighted by Gasteiger charge is -2.17. The number of ether oxygens (including phenoxy) is 2. The number of nitrogens with two attached hydrogens (primary N) is 1. The number of carbonyl (C=O) groups is 2. The van der Waals surface area contributed by atoms with Crippen molar-refractivity contribution in [3.05, 3.63) is 0 Å². The standard InChI is InChI=1S/C17H34N2O8S2/c1-2-12(20)8-26-5-3-4-6-27-9-13(21)7-19-15(17(24)25)11-29-28-10-14(18)16(22)23/h12-15,19-21H,2-11,18H2,1H3,(H,22,23)(H,24,25). The highest BCUT2D eigenvalue weighted by Crippen LogP contribution is 2.22. The fraction of sp³-hybridized carbons (Fsp3) is 0.882. The quantitative estimate of drug-likeness (QED) is 0.105. The molecule has 0 amide bonds. The van der Waals surface area contributed by atoms with Gasteiger partial charge in [0.25, 0.3) is 0 Å². The summed E-state index contributed by atoms with van der Waals surface area (Å²) < 4.78 is 10.7. The van der Waals surface area contributed by atoms with E-state index in [2.05, 4.69) is 5.32 Å². The van der Waals surface area contributed by atoms with Crippen LogP contribution in [0.2, 0.25) is 0 Å². The average Bonchev–Trinajstić information content (AvgIpc) is 2.68. The van der Waals surface area contributed by atoms with Gasteiger partial charge in [0.2, 0.25) is 0 Å². The molecule has 172 valence electrons.